The molecule has 6 nitrogen and oxygen atoms in total. The summed E-state index contributed by atoms with van der Waals surface area (Å²) in [5, 5.41) is 21.5. The first kappa shape index (κ1) is 18.0. The van der Waals surface area contributed by atoms with Gasteiger partial charge in [0.25, 0.3) is 5.91 Å². The number of halogens is 1. The second kappa shape index (κ2) is 9.07. The Morgan fingerprint density at radius 2 is 2.23 bits per heavy atom. The van der Waals surface area contributed by atoms with E-state index in [4.69, 9.17) is 14.7 Å². The maximum atomic E-state index is 11.9. The minimum atomic E-state index is -0.457. The molecule has 0 heterocycles. The lowest BCUT2D eigenvalue weighted by Crippen LogP contribution is -2.26. The number of hydrogen-bond donors (Lipinski definition) is 2. The van der Waals surface area contributed by atoms with Crippen LogP contribution in [-0.2, 0) is 9.53 Å². The van der Waals surface area contributed by atoms with Gasteiger partial charge in [-0.25, -0.2) is 0 Å². The lowest BCUT2D eigenvalue weighted by atomic mass is 10.1. The van der Waals surface area contributed by atoms with Crippen molar-refractivity contribution in [1.82, 2.24) is 5.32 Å². The van der Waals surface area contributed by atoms with Crippen LogP contribution >= 0.6 is 15.9 Å². The fourth-order valence-electron chi connectivity index (χ4n) is 1.66. The predicted octanol–water partition coefficient (Wildman–Crippen LogP) is 2.22. The molecule has 0 spiro atoms. The second-order valence-corrected chi connectivity index (χ2v) is 5.18. The van der Waals surface area contributed by atoms with Crippen LogP contribution in [0.3, 0.4) is 0 Å². The number of hydrogen-bond acceptors (Lipinski definition) is 5. The van der Waals surface area contributed by atoms with Crippen LogP contribution in [0.25, 0.3) is 6.08 Å². The van der Waals surface area contributed by atoms with E-state index < -0.39 is 5.91 Å². The summed E-state index contributed by atoms with van der Waals surface area (Å²) in [4.78, 5) is 11.9. The molecule has 7 heteroatoms. The lowest BCUT2D eigenvalue weighted by Gasteiger charge is -2.07. The number of methoxy groups -OCH3 is 2. The highest BCUT2D eigenvalue weighted by molar-refractivity contribution is 9.10. The van der Waals surface area contributed by atoms with Gasteiger partial charge >= 0.3 is 0 Å². The Hall–Kier alpha value is -2.04. The average molecular weight is 369 g/mol. The van der Waals surface area contributed by atoms with E-state index in [-0.39, 0.29) is 17.1 Å². The molecule has 0 bridgehead atoms. The third-order valence-corrected chi connectivity index (χ3v) is 3.36. The van der Waals surface area contributed by atoms with Crippen molar-refractivity contribution in [2.75, 3.05) is 27.4 Å². The van der Waals surface area contributed by atoms with Crippen molar-refractivity contribution in [3.63, 3.8) is 0 Å². The van der Waals surface area contributed by atoms with Gasteiger partial charge in [0.05, 0.1) is 11.6 Å². The van der Waals surface area contributed by atoms with Crippen LogP contribution < -0.4 is 10.1 Å². The Bertz CT molecular complexity index is 608. The van der Waals surface area contributed by atoms with E-state index in [1.165, 1.54) is 19.3 Å². The Kier molecular flexibility index (Phi) is 7.43. The number of rotatable bonds is 7. The van der Waals surface area contributed by atoms with Gasteiger partial charge in [-0.3, -0.25) is 4.79 Å². The smallest absolute Gasteiger partial charge is 0.261 e. The van der Waals surface area contributed by atoms with Crippen molar-refractivity contribution in [2.24, 2.45) is 0 Å². The average Bonchev–Trinajstić information content (AvgIpc) is 2.52. The molecule has 118 valence electrons. The fraction of sp³-hybridized carbons (Fsp3) is 0.333. The lowest BCUT2D eigenvalue weighted by molar-refractivity contribution is -0.117. The number of benzene rings is 1. The van der Waals surface area contributed by atoms with Crippen LogP contribution in [0.1, 0.15) is 12.0 Å². The van der Waals surface area contributed by atoms with Gasteiger partial charge in [-0.2, -0.15) is 5.26 Å². The summed E-state index contributed by atoms with van der Waals surface area (Å²) >= 11 is 3.19. The molecule has 22 heavy (non-hydrogen) atoms. The third kappa shape index (κ3) is 5.06. The van der Waals surface area contributed by atoms with Crippen molar-refractivity contribution in [3.8, 4) is 17.6 Å². The molecule has 0 aliphatic carbocycles. The first-order valence-electron chi connectivity index (χ1n) is 6.49. The molecule has 0 aliphatic heterocycles. The van der Waals surface area contributed by atoms with Crippen molar-refractivity contribution in [3.05, 3.63) is 27.7 Å². The topological polar surface area (TPSA) is 91.6 Å². The quantitative estimate of drug-likeness (QED) is 0.437. The normalized spacial score (nSPS) is 10.9. The number of phenols is 1. The number of amides is 1. The molecule has 0 unspecified atom stereocenters. The first-order chi connectivity index (χ1) is 10.5. The van der Waals surface area contributed by atoms with Gasteiger partial charge in [0, 0.05) is 20.3 Å². The summed E-state index contributed by atoms with van der Waals surface area (Å²) in [6.45, 7) is 0.961. The third-order valence-electron chi connectivity index (χ3n) is 2.76. The zero-order valence-corrected chi connectivity index (χ0v) is 13.9. The van der Waals surface area contributed by atoms with Crippen LogP contribution in [0.5, 0.6) is 11.5 Å². The molecule has 0 atom stereocenters. The molecule has 0 aromatic heterocycles. The summed E-state index contributed by atoms with van der Waals surface area (Å²) in [7, 11) is 3.00. The zero-order chi connectivity index (χ0) is 16.5. The van der Waals surface area contributed by atoms with E-state index in [1.54, 1.807) is 13.2 Å². The molecule has 2 N–H and O–H groups in total. The predicted molar refractivity (Wildman–Crippen MR) is 85.5 cm³/mol. The molecular weight excluding hydrogens is 352 g/mol. The Labute approximate surface area is 137 Å². The fourth-order valence-corrected chi connectivity index (χ4v) is 2.12. The highest BCUT2D eigenvalue weighted by Gasteiger charge is 2.11. The number of carbonyl (C=O) groups is 1. The Balaban J connectivity index is 2.91. The molecule has 0 saturated heterocycles. The molecule has 0 aliphatic rings. The molecule has 1 rings (SSSR count). The van der Waals surface area contributed by atoms with E-state index >= 15 is 0 Å². The number of nitrogens with zero attached hydrogens (tertiary/aromatic N) is 1. The van der Waals surface area contributed by atoms with E-state index in [9.17, 15) is 9.90 Å². The maximum Gasteiger partial charge on any atom is 0.261 e. The summed E-state index contributed by atoms with van der Waals surface area (Å²) < 4.78 is 10.3. The van der Waals surface area contributed by atoms with Gasteiger partial charge in [-0.15, -0.1) is 0 Å². The van der Waals surface area contributed by atoms with E-state index in [2.05, 4.69) is 21.2 Å². The number of aromatic hydroxyl groups is 1. The largest absolute Gasteiger partial charge is 0.503 e. The summed E-state index contributed by atoms with van der Waals surface area (Å²) in [5.74, 6) is -0.248. The summed E-state index contributed by atoms with van der Waals surface area (Å²) in [6.07, 6.45) is 2.10. The number of nitrogens with one attached hydrogen (secondary N) is 1. The molecule has 1 aromatic rings. The van der Waals surface area contributed by atoms with Crippen molar-refractivity contribution >= 4 is 27.9 Å². The second-order valence-electron chi connectivity index (χ2n) is 4.33. The standard InChI is InChI=1S/C15H17BrN2O4/c1-21-5-3-4-18-15(20)11(9-17)6-10-7-12(16)14(19)13(8-10)22-2/h6-8,19H,3-5H2,1-2H3,(H,18,20)/b11-6+. The van der Waals surface area contributed by atoms with E-state index in [0.717, 1.165) is 0 Å². The number of ether oxygens (including phenoxy) is 2. The van der Waals surface area contributed by atoms with Crippen LogP contribution in [-0.4, -0.2) is 38.4 Å². The Morgan fingerprint density at radius 1 is 1.50 bits per heavy atom. The SMILES string of the molecule is COCCCNC(=O)/C(C#N)=C/c1cc(Br)c(O)c(OC)c1. The Morgan fingerprint density at radius 3 is 2.82 bits per heavy atom. The van der Waals surface area contributed by atoms with Crippen LogP contribution in [0, 0.1) is 11.3 Å². The van der Waals surface area contributed by atoms with Gasteiger partial charge < -0.3 is 19.9 Å². The zero-order valence-electron chi connectivity index (χ0n) is 12.4. The summed E-state index contributed by atoms with van der Waals surface area (Å²) in [5.41, 5.74) is 0.530. The van der Waals surface area contributed by atoms with Gasteiger partial charge in [-0.1, -0.05) is 0 Å². The monoisotopic (exact) mass is 368 g/mol. The van der Waals surface area contributed by atoms with Gasteiger partial charge in [0.1, 0.15) is 11.6 Å². The van der Waals surface area contributed by atoms with Gasteiger partial charge in [0.2, 0.25) is 0 Å². The van der Waals surface area contributed by atoms with Gasteiger partial charge in [-0.05, 0) is 46.1 Å². The van der Waals surface area contributed by atoms with Crippen molar-refractivity contribution in [2.45, 2.75) is 6.42 Å². The van der Waals surface area contributed by atoms with E-state index in [1.807, 2.05) is 6.07 Å². The highest BCUT2D eigenvalue weighted by atomic mass is 79.9. The maximum absolute atomic E-state index is 11.9. The molecule has 0 fully saturated rings. The van der Waals surface area contributed by atoms with Crippen LogP contribution in [0.2, 0.25) is 0 Å². The molecule has 1 aromatic carbocycles. The minimum absolute atomic E-state index is 0.0305. The van der Waals surface area contributed by atoms with Gasteiger partial charge in [0.15, 0.2) is 11.5 Å². The van der Waals surface area contributed by atoms with Crippen molar-refractivity contribution in [1.29, 1.82) is 5.26 Å². The molecule has 1 amide bonds. The molecular formula is C15H17BrN2O4. The number of phenolic OH excluding ortho intramolecular Hbond substituents is 1. The van der Waals surface area contributed by atoms with E-state index in [0.29, 0.717) is 29.6 Å². The number of carbonyl (C=O) groups excluding carboxylic acids is 1. The molecule has 0 saturated carbocycles. The minimum Gasteiger partial charge on any atom is -0.503 e. The highest BCUT2D eigenvalue weighted by Crippen LogP contribution is 2.35. The van der Waals surface area contributed by atoms with Crippen LogP contribution in [0.15, 0.2) is 22.2 Å². The first-order valence-corrected chi connectivity index (χ1v) is 7.28. The van der Waals surface area contributed by atoms with Crippen molar-refractivity contribution < 1.29 is 19.4 Å². The summed E-state index contributed by atoms with van der Waals surface area (Å²) in [6, 6.07) is 4.99. The van der Waals surface area contributed by atoms with Crippen LogP contribution in [0.4, 0.5) is 0 Å². The molecule has 0 radical (unpaired) electrons. The number of nitriles is 1.